The summed E-state index contributed by atoms with van der Waals surface area (Å²) in [7, 11) is 0. The zero-order valence-corrected chi connectivity index (χ0v) is 9.65. The van der Waals surface area contributed by atoms with Crippen LogP contribution in [0.15, 0.2) is 30.3 Å². The van der Waals surface area contributed by atoms with Crippen LogP contribution >= 0.6 is 0 Å². The molecule has 1 aromatic heterocycles. The lowest BCUT2D eigenvalue weighted by Gasteiger charge is -2.04. The maximum Gasteiger partial charge on any atom is 0.135 e. The fourth-order valence-electron chi connectivity index (χ4n) is 1.62. The largest absolute Gasteiger partial charge is 0.384 e. The van der Waals surface area contributed by atoms with Crippen LogP contribution < -0.4 is 5.73 Å². The van der Waals surface area contributed by atoms with Crippen LogP contribution in [0.25, 0.3) is 0 Å². The Morgan fingerprint density at radius 3 is 2.53 bits per heavy atom. The minimum absolute atomic E-state index is 0.239. The van der Waals surface area contributed by atoms with Gasteiger partial charge in [0.25, 0.3) is 0 Å². The monoisotopic (exact) mass is 231 g/mol. The number of nitrogens with two attached hydrogens (primary N) is 1. The number of hydrogen-bond acceptors (Lipinski definition) is 3. The Morgan fingerprint density at radius 2 is 1.88 bits per heavy atom. The normalized spacial score (nSPS) is 10.5. The quantitative estimate of drug-likeness (QED) is 0.882. The van der Waals surface area contributed by atoms with E-state index < -0.39 is 0 Å². The molecular weight excluding hydrogens is 217 g/mol. The van der Waals surface area contributed by atoms with E-state index in [2.05, 4.69) is 9.97 Å². The molecule has 17 heavy (non-hydrogen) atoms. The third-order valence-corrected chi connectivity index (χ3v) is 2.48. The van der Waals surface area contributed by atoms with E-state index in [4.69, 9.17) is 5.73 Å². The van der Waals surface area contributed by atoms with Crippen molar-refractivity contribution >= 4 is 5.82 Å². The van der Waals surface area contributed by atoms with E-state index in [1.54, 1.807) is 18.2 Å². The van der Waals surface area contributed by atoms with Crippen molar-refractivity contribution in [1.29, 1.82) is 0 Å². The minimum atomic E-state index is -0.239. The molecule has 2 aromatic rings. The van der Waals surface area contributed by atoms with Crippen molar-refractivity contribution in [1.82, 2.24) is 9.97 Å². The molecule has 0 saturated heterocycles. The van der Waals surface area contributed by atoms with Gasteiger partial charge in [0.05, 0.1) is 0 Å². The van der Waals surface area contributed by atoms with Gasteiger partial charge in [-0.15, -0.1) is 0 Å². The number of nitrogen functional groups attached to an aromatic ring is 1. The smallest absolute Gasteiger partial charge is 0.135 e. The second-order valence-corrected chi connectivity index (χ2v) is 3.86. The topological polar surface area (TPSA) is 51.8 Å². The molecule has 1 aromatic carbocycles. The van der Waals surface area contributed by atoms with Gasteiger partial charge in [0.15, 0.2) is 0 Å². The number of benzene rings is 1. The zero-order chi connectivity index (χ0) is 12.3. The molecule has 2 N–H and O–H groups in total. The van der Waals surface area contributed by atoms with Crippen molar-refractivity contribution in [3.05, 3.63) is 53.2 Å². The number of halogens is 1. The maximum absolute atomic E-state index is 12.8. The van der Waals surface area contributed by atoms with Crippen molar-refractivity contribution in [3.63, 3.8) is 0 Å². The van der Waals surface area contributed by atoms with Gasteiger partial charge in [-0.1, -0.05) is 19.1 Å². The summed E-state index contributed by atoms with van der Waals surface area (Å²) in [5.41, 5.74) is 7.60. The Kier molecular flexibility index (Phi) is 3.32. The van der Waals surface area contributed by atoms with Gasteiger partial charge in [0.2, 0.25) is 0 Å². The van der Waals surface area contributed by atoms with Crippen molar-refractivity contribution in [3.8, 4) is 0 Å². The highest BCUT2D eigenvalue weighted by molar-refractivity contribution is 5.31. The minimum Gasteiger partial charge on any atom is -0.384 e. The summed E-state index contributed by atoms with van der Waals surface area (Å²) in [5.74, 6) is 0.916. The zero-order valence-electron chi connectivity index (χ0n) is 9.65. The van der Waals surface area contributed by atoms with Crippen LogP contribution in [0.2, 0.25) is 0 Å². The molecule has 3 nitrogen and oxygen atoms in total. The predicted octanol–water partition coefficient (Wildman–Crippen LogP) is 2.35. The standard InChI is InChI=1S/C13H14FN3/c1-2-11-8-12(15)17-13(16-11)7-9-3-5-10(14)6-4-9/h3-6,8H,2,7H2,1H3,(H2,15,16,17). The van der Waals surface area contributed by atoms with Crippen molar-refractivity contribution in [2.45, 2.75) is 19.8 Å². The molecule has 4 heteroatoms. The molecule has 0 radical (unpaired) electrons. The summed E-state index contributed by atoms with van der Waals surface area (Å²) < 4.78 is 12.8. The van der Waals surface area contributed by atoms with E-state index in [0.717, 1.165) is 17.7 Å². The molecular formula is C13H14FN3. The van der Waals surface area contributed by atoms with E-state index in [-0.39, 0.29) is 5.82 Å². The molecule has 2 rings (SSSR count). The van der Waals surface area contributed by atoms with Crippen molar-refractivity contribution in [2.75, 3.05) is 5.73 Å². The predicted molar refractivity (Wildman–Crippen MR) is 65.0 cm³/mol. The number of nitrogens with zero attached hydrogens (tertiary/aromatic N) is 2. The van der Waals surface area contributed by atoms with E-state index >= 15 is 0 Å². The van der Waals surface area contributed by atoms with Gasteiger partial charge in [-0.3, -0.25) is 0 Å². The summed E-state index contributed by atoms with van der Waals surface area (Å²) in [6.07, 6.45) is 1.39. The maximum atomic E-state index is 12.8. The summed E-state index contributed by atoms with van der Waals surface area (Å²) in [6, 6.07) is 8.10. The van der Waals surface area contributed by atoms with Crippen LogP contribution in [0.4, 0.5) is 10.2 Å². The summed E-state index contributed by atoms with van der Waals surface area (Å²) >= 11 is 0. The highest BCUT2D eigenvalue weighted by atomic mass is 19.1. The van der Waals surface area contributed by atoms with Crippen LogP contribution in [0.5, 0.6) is 0 Å². The van der Waals surface area contributed by atoms with Gasteiger partial charge < -0.3 is 5.73 Å². The molecule has 0 atom stereocenters. The number of rotatable bonds is 3. The third kappa shape index (κ3) is 3.00. The fourth-order valence-corrected chi connectivity index (χ4v) is 1.62. The van der Waals surface area contributed by atoms with Crippen LogP contribution in [0.1, 0.15) is 24.0 Å². The summed E-state index contributed by atoms with van der Waals surface area (Å²) in [5, 5.41) is 0. The number of anilines is 1. The first-order chi connectivity index (χ1) is 8.17. The molecule has 0 unspecified atom stereocenters. The van der Waals surface area contributed by atoms with Crippen LogP contribution in [0, 0.1) is 5.82 Å². The van der Waals surface area contributed by atoms with E-state index in [9.17, 15) is 4.39 Å². The molecule has 0 aliphatic rings. The molecule has 0 saturated carbocycles. The Labute approximate surface area is 99.5 Å². The fraction of sp³-hybridized carbons (Fsp3) is 0.231. The van der Waals surface area contributed by atoms with Gasteiger partial charge in [-0.25, -0.2) is 14.4 Å². The first-order valence-corrected chi connectivity index (χ1v) is 5.54. The number of aryl methyl sites for hydroxylation is 1. The lowest BCUT2D eigenvalue weighted by atomic mass is 10.1. The van der Waals surface area contributed by atoms with Crippen LogP contribution in [0.3, 0.4) is 0 Å². The lowest BCUT2D eigenvalue weighted by molar-refractivity contribution is 0.627. The first-order valence-electron chi connectivity index (χ1n) is 5.54. The Balaban J connectivity index is 2.23. The van der Waals surface area contributed by atoms with E-state index in [0.29, 0.717) is 18.1 Å². The number of aromatic nitrogens is 2. The average molecular weight is 231 g/mol. The second-order valence-electron chi connectivity index (χ2n) is 3.86. The second kappa shape index (κ2) is 4.91. The molecule has 0 aliphatic carbocycles. The average Bonchev–Trinajstić information content (AvgIpc) is 2.31. The lowest BCUT2D eigenvalue weighted by Crippen LogP contribution is -2.03. The summed E-state index contributed by atoms with van der Waals surface area (Å²) in [4.78, 5) is 8.56. The highest BCUT2D eigenvalue weighted by Gasteiger charge is 2.03. The summed E-state index contributed by atoms with van der Waals surface area (Å²) in [6.45, 7) is 2.02. The first kappa shape index (κ1) is 11.5. The van der Waals surface area contributed by atoms with Gasteiger partial charge in [0.1, 0.15) is 17.5 Å². The van der Waals surface area contributed by atoms with Crippen molar-refractivity contribution in [2.24, 2.45) is 0 Å². The Hall–Kier alpha value is -1.97. The van der Waals surface area contributed by atoms with Crippen molar-refractivity contribution < 1.29 is 4.39 Å². The Bertz CT molecular complexity index is 509. The molecule has 0 fully saturated rings. The number of hydrogen-bond donors (Lipinski definition) is 1. The van der Waals surface area contributed by atoms with Crippen LogP contribution in [-0.2, 0) is 12.8 Å². The van der Waals surface area contributed by atoms with Crippen LogP contribution in [-0.4, -0.2) is 9.97 Å². The van der Waals surface area contributed by atoms with E-state index in [1.807, 2.05) is 6.92 Å². The van der Waals surface area contributed by atoms with Gasteiger partial charge >= 0.3 is 0 Å². The molecule has 0 bridgehead atoms. The highest BCUT2D eigenvalue weighted by Crippen LogP contribution is 2.10. The van der Waals surface area contributed by atoms with Gasteiger partial charge in [-0.05, 0) is 24.1 Å². The molecule has 0 aliphatic heterocycles. The van der Waals surface area contributed by atoms with Gasteiger partial charge in [0, 0.05) is 18.2 Å². The molecule has 0 spiro atoms. The third-order valence-electron chi connectivity index (χ3n) is 2.48. The SMILES string of the molecule is CCc1cc(N)nc(Cc2ccc(F)cc2)n1. The molecule has 1 heterocycles. The van der Waals surface area contributed by atoms with E-state index in [1.165, 1.54) is 12.1 Å². The Morgan fingerprint density at radius 1 is 1.18 bits per heavy atom. The molecule has 0 amide bonds. The van der Waals surface area contributed by atoms with Gasteiger partial charge in [-0.2, -0.15) is 0 Å². The molecule has 88 valence electrons.